The number of carbonyl (C=O) groups excluding carboxylic acids is 1. The molecule has 0 aliphatic rings. The van der Waals surface area contributed by atoms with Crippen LogP contribution in [0.4, 0.5) is 11.4 Å². The number of anilines is 2. The maximum atomic E-state index is 12.8. The van der Waals surface area contributed by atoms with Crippen molar-refractivity contribution in [2.75, 3.05) is 10.0 Å². The van der Waals surface area contributed by atoms with E-state index in [-0.39, 0.29) is 10.6 Å². The molecule has 152 valence electrons. The van der Waals surface area contributed by atoms with Crippen LogP contribution >= 0.6 is 0 Å². The third-order valence-electron chi connectivity index (χ3n) is 4.53. The predicted octanol–water partition coefficient (Wildman–Crippen LogP) is 4.20. The zero-order valence-corrected chi connectivity index (χ0v) is 17.6. The van der Waals surface area contributed by atoms with Crippen LogP contribution in [0.2, 0.25) is 0 Å². The number of H-pyrrole nitrogens is 1. The van der Waals surface area contributed by atoms with Gasteiger partial charge in [0.25, 0.3) is 15.9 Å². The topological polar surface area (TPSA) is 104 Å². The number of nitrogens with zero attached hydrogens (tertiary/aromatic N) is 1. The Bertz CT molecular complexity index is 1120. The van der Waals surface area contributed by atoms with Crippen molar-refractivity contribution in [2.45, 2.75) is 38.6 Å². The summed E-state index contributed by atoms with van der Waals surface area (Å²) in [7, 11) is -4.04. The summed E-state index contributed by atoms with van der Waals surface area (Å²) >= 11 is 0. The molecule has 3 aromatic rings. The number of carbonyl (C=O) groups is 1. The second kappa shape index (κ2) is 8.08. The van der Waals surface area contributed by atoms with E-state index >= 15 is 0 Å². The van der Waals surface area contributed by atoms with Gasteiger partial charge in [0.1, 0.15) is 5.56 Å². The molecule has 1 heterocycles. The van der Waals surface area contributed by atoms with Crippen molar-refractivity contribution in [1.82, 2.24) is 10.2 Å². The highest BCUT2D eigenvalue weighted by atomic mass is 32.2. The molecule has 0 unspecified atom stereocenters. The standard InChI is InChI=1S/C21H24N4O3S/c1-13(2)16-7-11-17(12-8-16)22-20(26)19-15(4)23-24-21(19)29(27,28)25-18-9-5-14(3)6-10-18/h5-13,25H,1-4H3,(H,22,26)(H,23,24). The molecule has 8 heteroatoms. The highest BCUT2D eigenvalue weighted by Gasteiger charge is 2.28. The Morgan fingerprint density at radius 2 is 1.55 bits per heavy atom. The fourth-order valence-electron chi connectivity index (χ4n) is 2.84. The van der Waals surface area contributed by atoms with Gasteiger partial charge in [-0.3, -0.25) is 14.6 Å². The van der Waals surface area contributed by atoms with E-state index < -0.39 is 15.9 Å². The molecule has 2 aromatic carbocycles. The molecule has 0 aliphatic heterocycles. The summed E-state index contributed by atoms with van der Waals surface area (Å²) in [5.41, 5.74) is 3.48. The van der Waals surface area contributed by atoms with Crippen LogP contribution in [0.25, 0.3) is 0 Å². The number of benzene rings is 2. The van der Waals surface area contributed by atoms with E-state index in [1.54, 1.807) is 43.3 Å². The summed E-state index contributed by atoms with van der Waals surface area (Å²) in [6, 6.07) is 14.3. The van der Waals surface area contributed by atoms with Gasteiger partial charge in [-0.2, -0.15) is 13.5 Å². The maximum Gasteiger partial charge on any atom is 0.282 e. The summed E-state index contributed by atoms with van der Waals surface area (Å²) in [4.78, 5) is 12.8. The van der Waals surface area contributed by atoms with Gasteiger partial charge in [0, 0.05) is 17.1 Å². The first-order chi connectivity index (χ1) is 13.7. The number of amides is 1. The highest BCUT2D eigenvalue weighted by Crippen LogP contribution is 2.23. The lowest BCUT2D eigenvalue weighted by Gasteiger charge is -2.10. The van der Waals surface area contributed by atoms with Crippen molar-refractivity contribution in [3.05, 3.63) is 70.9 Å². The number of rotatable bonds is 6. The van der Waals surface area contributed by atoms with Crippen molar-refractivity contribution in [3.63, 3.8) is 0 Å². The number of aryl methyl sites for hydroxylation is 2. The van der Waals surface area contributed by atoms with Gasteiger partial charge in [0.2, 0.25) is 5.03 Å². The Morgan fingerprint density at radius 3 is 2.14 bits per heavy atom. The molecule has 7 nitrogen and oxygen atoms in total. The third kappa shape index (κ3) is 4.65. The SMILES string of the molecule is Cc1ccc(NS(=O)(=O)c2n[nH]c(C)c2C(=O)Nc2ccc(C(C)C)cc2)cc1. The lowest BCUT2D eigenvalue weighted by atomic mass is 10.0. The van der Waals surface area contributed by atoms with E-state index in [2.05, 4.69) is 34.1 Å². The zero-order chi connectivity index (χ0) is 21.2. The van der Waals surface area contributed by atoms with Gasteiger partial charge < -0.3 is 5.32 Å². The Morgan fingerprint density at radius 1 is 0.966 bits per heavy atom. The Balaban J connectivity index is 1.86. The number of hydrogen-bond acceptors (Lipinski definition) is 4. The monoisotopic (exact) mass is 412 g/mol. The first kappa shape index (κ1) is 20.6. The van der Waals surface area contributed by atoms with Crippen LogP contribution in [0.15, 0.2) is 53.6 Å². The summed E-state index contributed by atoms with van der Waals surface area (Å²) < 4.78 is 28.1. The van der Waals surface area contributed by atoms with Crippen molar-refractivity contribution >= 4 is 27.3 Å². The third-order valence-corrected chi connectivity index (χ3v) is 5.84. The number of aromatic nitrogens is 2. The lowest BCUT2D eigenvalue weighted by molar-refractivity contribution is 0.102. The molecule has 0 saturated carbocycles. The molecule has 0 spiro atoms. The molecule has 0 fully saturated rings. The van der Waals surface area contributed by atoms with Gasteiger partial charge in [-0.25, -0.2) is 0 Å². The Labute approximate surface area is 170 Å². The van der Waals surface area contributed by atoms with Crippen LogP contribution < -0.4 is 10.0 Å². The van der Waals surface area contributed by atoms with Gasteiger partial charge in [0.15, 0.2) is 0 Å². The number of nitrogens with one attached hydrogen (secondary N) is 3. The van der Waals surface area contributed by atoms with Gasteiger partial charge >= 0.3 is 0 Å². The largest absolute Gasteiger partial charge is 0.322 e. The Hall–Kier alpha value is -3.13. The van der Waals surface area contributed by atoms with E-state index in [0.29, 0.717) is 23.0 Å². The lowest BCUT2D eigenvalue weighted by Crippen LogP contribution is -2.20. The van der Waals surface area contributed by atoms with Crippen LogP contribution in [-0.4, -0.2) is 24.5 Å². The minimum Gasteiger partial charge on any atom is -0.322 e. The van der Waals surface area contributed by atoms with E-state index in [1.807, 2.05) is 19.1 Å². The maximum absolute atomic E-state index is 12.8. The molecule has 3 rings (SSSR count). The van der Waals surface area contributed by atoms with Crippen molar-refractivity contribution in [1.29, 1.82) is 0 Å². The second-order valence-electron chi connectivity index (χ2n) is 7.23. The van der Waals surface area contributed by atoms with Crippen LogP contribution in [-0.2, 0) is 10.0 Å². The molecule has 0 atom stereocenters. The predicted molar refractivity (Wildman–Crippen MR) is 114 cm³/mol. The van der Waals surface area contributed by atoms with Crippen molar-refractivity contribution < 1.29 is 13.2 Å². The van der Waals surface area contributed by atoms with Gasteiger partial charge in [0.05, 0.1) is 0 Å². The summed E-state index contributed by atoms with van der Waals surface area (Å²) in [5, 5.41) is 8.87. The smallest absolute Gasteiger partial charge is 0.282 e. The molecular formula is C21H24N4O3S. The highest BCUT2D eigenvalue weighted by molar-refractivity contribution is 7.92. The number of sulfonamides is 1. The summed E-state index contributed by atoms with van der Waals surface area (Å²) in [6.45, 7) is 7.68. The normalized spacial score (nSPS) is 11.5. The first-order valence-electron chi connectivity index (χ1n) is 9.23. The van der Waals surface area contributed by atoms with E-state index in [9.17, 15) is 13.2 Å². The minimum atomic E-state index is -4.04. The molecule has 0 aliphatic carbocycles. The number of hydrogen-bond donors (Lipinski definition) is 3. The molecular weight excluding hydrogens is 388 g/mol. The molecule has 1 amide bonds. The molecule has 1 aromatic heterocycles. The quantitative estimate of drug-likeness (QED) is 0.564. The van der Waals surface area contributed by atoms with E-state index in [4.69, 9.17) is 0 Å². The van der Waals surface area contributed by atoms with Gasteiger partial charge in [-0.15, -0.1) is 0 Å². The van der Waals surface area contributed by atoms with Crippen LogP contribution in [0.5, 0.6) is 0 Å². The fourth-order valence-corrected chi connectivity index (χ4v) is 4.06. The van der Waals surface area contributed by atoms with E-state index in [1.165, 1.54) is 0 Å². The average molecular weight is 413 g/mol. The van der Waals surface area contributed by atoms with E-state index in [0.717, 1.165) is 11.1 Å². The first-order valence-corrected chi connectivity index (χ1v) is 10.7. The van der Waals surface area contributed by atoms with Crippen LogP contribution in [0, 0.1) is 13.8 Å². The van der Waals surface area contributed by atoms with Crippen molar-refractivity contribution in [2.24, 2.45) is 0 Å². The molecule has 0 saturated heterocycles. The molecule has 3 N–H and O–H groups in total. The molecule has 0 bridgehead atoms. The summed E-state index contributed by atoms with van der Waals surface area (Å²) in [5.74, 6) is -0.168. The van der Waals surface area contributed by atoms with Gasteiger partial charge in [-0.05, 0) is 49.6 Å². The fraction of sp³-hybridized carbons (Fsp3) is 0.238. The molecule has 29 heavy (non-hydrogen) atoms. The summed E-state index contributed by atoms with van der Waals surface area (Å²) in [6.07, 6.45) is 0. The van der Waals surface area contributed by atoms with Gasteiger partial charge in [-0.1, -0.05) is 43.7 Å². The second-order valence-corrected chi connectivity index (χ2v) is 8.83. The van der Waals surface area contributed by atoms with Crippen molar-refractivity contribution in [3.8, 4) is 0 Å². The van der Waals surface area contributed by atoms with Crippen LogP contribution in [0.1, 0.15) is 46.9 Å². The average Bonchev–Trinajstić information content (AvgIpc) is 3.06. The number of aromatic amines is 1. The Kier molecular flexibility index (Phi) is 5.74. The molecule has 0 radical (unpaired) electrons. The van der Waals surface area contributed by atoms with Crippen LogP contribution in [0.3, 0.4) is 0 Å². The minimum absolute atomic E-state index is 0.0162. The zero-order valence-electron chi connectivity index (χ0n) is 16.8.